The fraction of sp³-hybridized carbons (Fsp3) is 0.167. The van der Waals surface area contributed by atoms with Crippen molar-refractivity contribution in [3.63, 3.8) is 0 Å². The van der Waals surface area contributed by atoms with Crippen molar-refractivity contribution in [1.29, 1.82) is 0 Å². The molecule has 1 heterocycles. The molecular weight excluding hydrogens is 237 g/mol. The Morgan fingerprint density at radius 1 is 1.28 bits per heavy atom. The highest BCUT2D eigenvalue weighted by molar-refractivity contribution is 5.55. The Morgan fingerprint density at radius 2 is 2.11 bits per heavy atom. The number of benzene rings is 1. The zero-order chi connectivity index (χ0) is 13.0. The Balaban J connectivity index is 2.34. The van der Waals surface area contributed by atoms with E-state index in [0.717, 1.165) is 0 Å². The highest BCUT2D eigenvalue weighted by atomic mass is 19.1. The van der Waals surface area contributed by atoms with E-state index < -0.39 is 0 Å². The molecule has 18 heavy (non-hydrogen) atoms. The molecule has 0 amide bonds. The minimum Gasteiger partial charge on any atom is -0.489 e. The first-order valence-corrected chi connectivity index (χ1v) is 5.24. The van der Waals surface area contributed by atoms with Crippen LogP contribution in [0.5, 0.6) is 17.4 Å². The molecule has 0 aliphatic rings. The molecule has 1 aromatic carbocycles. The minimum absolute atomic E-state index is 0.224. The van der Waals surface area contributed by atoms with Crippen molar-refractivity contribution in [3.8, 4) is 17.4 Å². The molecule has 94 valence electrons. The van der Waals surface area contributed by atoms with Gasteiger partial charge in [-0.3, -0.25) is 0 Å². The number of ether oxygens (including phenoxy) is 2. The summed E-state index contributed by atoms with van der Waals surface area (Å²) in [5.41, 5.74) is 0. The molecule has 0 spiro atoms. The van der Waals surface area contributed by atoms with E-state index in [2.05, 4.69) is 15.3 Å². The molecule has 0 unspecified atom stereocenters. The van der Waals surface area contributed by atoms with Crippen LogP contribution in [0.4, 0.5) is 10.2 Å². The molecule has 5 nitrogen and oxygen atoms in total. The standard InChI is InChI=1S/C12H12FN3O2/c1-14-11-10(17-2)12(16-7-15-11)18-9-5-3-4-8(13)6-9/h3-7H,1-2H3,(H,14,15,16). The van der Waals surface area contributed by atoms with E-state index in [1.54, 1.807) is 19.2 Å². The quantitative estimate of drug-likeness (QED) is 0.902. The lowest BCUT2D eigenvalue weighted by atomic mass is 10.3. The lowest BCUT2D eigenvalue weighted by Gasteiger charge is -2.11. The van der Waals surface area contributed by atoms with E-state index in [1.807, 2.05) is 0 Å². The van der Waals surface area contributed by atoms with Crippen LogP contribution in [0.1, 0.15) is 0 Å². The van der Waals surface area contributed by atoms with Gasteiger partial charge in [0.1, 0.15) is 17.9 Å². The summed E-state index contributed by atoms with van der Waals surface area (Å²) >= 11 is 0. The van der Waals surface area contributed by atoms with Crippen molar-refractivity contribution in [2.45, 2.75) is 0 Å². The maximum atomic E-state index is 13.0. The summed E-state index contributed by atoms with van der Waals surface area (Å²) in [5.74, 6) is 1.05. The summed E-state index contributed by atoms with van der Waals surface area (Å²) in [4.78, 5) is 7.95. The van der Waals surface area contributed by atoms with Crippen molar-refractivity contribution in [2.75, 3.05) is 19.5 Å². The topological polar surface area (TPSA) is 56.3 Å². The number of nitrogens with zero attached hydrogens (tertiary/aromatic N) is 2. The van der Waals surface area contributed by atoms with Crippen molar-refractivity contribution in [3.05, 3.63) is 36.4 Å². The predicted molar refractivity (Wildman–Crippen MR) is 64.6 cm³/mol. The maximum absolute atomic E-state index is 13.0. The lowest BCUT2D eigenvalue weighted by Crippen LogP contribution is -2.00. The molecule has 0 bridgehead atoms. The van der Waals surface area contributed by atoms with Gasteiger partial charge in [-0.25, -0.2) is 9.37 Å². The SMILES string of the molecule is CNc1ncnc(Oc2cccc(F)c2)c1OC. The molecule has 0 fully saturated rings. The van der Waals surface area contributed by atoms with Crippen molar-refractivity contribution in [1.82, 2.24) is 9.97 Å². The summed E-state index contributed by atoms with van der Waals surface area (Å²) in [5, 5.41) is 2.85. The number of halogens is 1. The molecule has 1 aromatic heterocycles. The zero-order valence-corrected chi connectivity index (χ0v) is 9.98. The fourth-order valence-corrected chi connectivity index (χ4v) is 1.43. The lowest BCUT2D eigenvalue weighted by molar-refractivity contribution is 0.368. The van der Waals surface area contributed by atoms with Crippen LogP contribution in [0.25, 0.3) is 0 Å². The van der Waals surface area contributed by atoms with E-state index in [9.17, 15) is 4.39 Å². The molecule has 0 atom stereocenters. The average Bonchev–Trinajstić information content (AvgIpc) is 2.38. The Labute approximate surface area is 104 Å². The first-order chi connectivity index (χ1) is 8.74. The molecule has 0 aliphatic heterocycles. The minimum atomic E-state index is -0.380. The van der Waals surface area contributed by atoms with Gasteiger partial charge in [-0.15, -0.1) is 0 Å². The Hall–Kier alpha value is -2.37. The summed E-state index contributed by atoms with van der Waals surface area (Å²) < 4.78 is 23.7. The number of hydrogen-bond donors (Lipinski definition) is 1. The van der Waals surface area contributed by atoms with E-state index >= 15 is 0 Å². The second kappa shape index (κ2) is 5.31. The maximum Gasteiger partial charge on any atom is 0.268 e. The molecular formula is C12H12FN3O2. The second-order valence-electron chi connectivity index (χ2n) is 3.37. The normalized spacial score (nSPS) is 9.94. The Morgan fingerprint density at radius 3 is 2.78 bits per heavy atom. The van der Waals surface area contributed by atoms with Gasteiger partial charge < -0.3 is 14.8 Å². The molecule has 1 N–H and O–H groups in total. The molecule has 2 rings (SSSR count). The van der Waals surface area contributed by atoms with Gasteiger partial charge in [-0.1, -0.05) is 6.07 Å². The van der Waals surface area contributed by atoms with Crippen LogP contribution in [-0.4, -0.2) is 24.1 Å². The number of methoxy groups -OCH3 is 1. The first-order valence-electron chi connectivity index (χ1n) is 5.24. The molecule has 0 aliphatic carbocycles. The summed E-state index contributed by atoms with van der Waals surface area (Å²) in [6, 6.07) is 5.78. The number of hydrogen-bond acceptors (Lipinski definition) is 5. The third kappa shape index (κ3) is 2.48. The fourth-order valence-electron chi connectivity index (χ4n) is 1.43. The smallest absolute Gasteiger partial charge is 0.268 e. The van der Waals surface area contributed by atoms with Gasteiger partial charge in [0.05, 0.1) is 7.11 Å². The predicted octanol–water partition coefficient (Wildman–Crippen LogP) is 2.46. The molecule has 0 saturated carbocycles. The van der Waals surface area contributed by atoms with Crippen LogP contribution in [0, 0.1) is 5.82 Å². The van der Waals surface area contributed by atoms with Gasteiger partial charge in [0.25, 0.3) is 5.88 Å². The van der Waals surface area contributed by atoms with Crippen LogP contribution < -0.4 is 14.8 Å². The van der Waals surface area contributed by atoms with E-state index in [1.165, 1.54) is 25.6 Å². The number of rotatable bonds is 4. The van der Waals surface area contributed by atoms with E-state index in [4.69, 9.17) is 9.47 Å². The molecule has 0 saturated heterocycles. The highest BCUT2D eigenvalue weighted by Gasteiger charge is 2.13. The molecule has 2 aromatic rings. The van der Waals surface area contributed by atoms with Crippen LogP contribution in [-0.2, 0) is 0 Å². The van der Waals surface area contributed by atoms with Gasteiger partial charge in [0, 0.05) is 13.1 Å². The number of anilines is 1. The van der Waals surface area contributed by atoms with Gasteiger partial charge in [0.15, 0.2) is 5.82 Å². The average molecular weight is 249 g/mol. The first kappa shape index (κ1) is 12.1. The Bertz CT molecular complexity index is 549. The van der Waals surface area contributed by atoms with Gasteiger partial charge in [-0.05, 0) is 12.1 Å². The summed E-state index contributed by atoms with van der Waals surface area (Å²) in [6.07, 6.45) is 1.34. The molecule has 6 heteroatoms. The third-order valence-corrected chi connectivity index (χ3v) is 2.22. The highest BCUT2D eigenvalue weighted by Crippen LogP contribution is 2.33. The van der Waals surface area contributed by atoms with E-state index in [0.29, 0.717) is 17.3 Å². The Kier molecular flexibility index (Phi) is 3.57. The van der Waals surface area contributed by atoms with Crippen LogP contribution in [0.3, 0.4) is 0 Å². The zero-order valence-electron chi connectivity index (χ0n) is 9.98. The van der Waals surface area contributed by atoms with Crippen molar-refractivity contribution >= 4 is 5.82 Å². The summed E-state index contributed by atoms with van der Waals surface area (Å²) in [7, 11) is 3.19. The third-order valence-electron chi connectivity index (χ3n) is 2.22. The number of aromatic nitrogens is 2. The van der Waals surface area contributed by atoms with Crippen LogP contribution in [0.15, 0.2) is 30.6 Å². The van der Waals surface area contributed by atoms with E-state index in [-0.39, 0.29) is 11.7 Å². The number of nitrogens with one attached hydrogen (secondary N) is 1. The van der Waals surface area contributed by atoms with Crippen LogP contribution >= 0.6 is 0 Å². The monoisotopic (exact) mass is 249 g/mol. The van der Waals surface area contributed by atoms with Gasteiger partial charge >= 0.3 is 0 Å². The molecule has 0 radical (unpaired) electrons. The van der Waals surface area contributed by atoms with Crippen molar-refractivity contribution < 1.29 is 13.9 Å². The second-order valence-corrected chi connectivity index (χ2v) is 3.37. The largest absolute Gasteiger partial charge is 0.489 e. The van der Waals surface area contributed by atoms with Crippen molar-refractivity contribution in [2.24, 2.45) is 0 Å². The summed E-state index contributed by atoms with van der Waals surface area (Å²) in [6.45, 7) is 0. The van der Waals surface area contributed by atoms with Crippen LogP contribution in [0.2, 0.25) is 0 Å². The van der Waals surface area contributed by atoms with Gasteiger partial charge in [0.2, 0.25) is 5.75 Å². The van der Waals surface area contributed by atoms with Gasteiger partial charge in [-0.2, -0.15) is 4.98 Å².